The van der Waals surface area contributed by atoms with Gasteiger partial charge in [-0.3, -0.25) is 4.79 Å². The SMILES string of the molecule is COc1cc(O)c(C)c(O)c1C(=O)CCc1ccccc1. The van der Waals surface area contributed by atoms with E-state index in [0.29, 0.717) is 6.42 Å². The molecular weight excluding hydrogens is 268 g/mol. The number of phenols is 2. The monoisotopic (exact) mass is 286 g/mol. The second-order valence-corrected chi connectivity index (χ2v) is 4.86. The van der Waals surface area contributed by atoms with Gasteiger partial charge < -0.3 is 14.9 Å². The molecule has 4 nitrogen and oxygen atoms in total. The summed E-state index contributed by atoms with van der Waals surface area (Å²) in [4.78, 5) is 12.4. The van der Waals surface area contributed by atoms with Crippen LogP contribution in [0.2, 0.25) is 0 Å². The first-order valence-corrected chi connectivity index (χ1v) is 6.71. The lowest BCUT2D eigenvalue weighted by Crippen LogP contribution is -2.05. The quantitative estimate of drug-likeness (QED) is 0.828. The third-order valence-corrected chi connectivity index (χ3v) is 3.47. The number of aryl methyl sites for hydroxylation is 1. The van der Waals surface area contributed by atoms with E-state index in [1.54, 1.807) is 6.92 Å². The van der Waals surface area contributed by atoms with Crippen molar-refractivity contribution < 1.29 is 19.7 Å². The number of benzene rings is 2. The molecule has 0 unspecified atom stereocenters. The number of carbonyl (C=O) groups is 1. The third-order valence-electron chi connectivity index (χ3n) is 3.47. The highest BCUT2D eigenvalue weighted by Crippen LogP contribution is 2.38. The Morgan fingerprint density at radius 2 is 1.86 bits per heavy atom. The van der Waals surface area contributed by atoms with E-state index < -0.39 is 0 Å². The Labute approximate surface area is 123 Å². The summed E-state index contributed by atoms with van der Waals surface area (Å²) in [6.45, 7) is 1.55. The summed E-state index contributed by atoms with van der Waals surface area (Å²) in [5.74, 6) is -0.334. The number of ether oxygens (including phenoxy) is 1. The molecule has 0 atom stereocenters. The van der Waals surface area contributed by atoms with Gasteiger partial charge in [-0.05, 0) is 18.9 Å². The molecule has 2 aromatic rings. The highest BCUT2D eigenvalue weighted by Gasteiger charge is 2.21. The van der Waals surface area contributed by atoms with Crippen molar-refractivity contribution in [2.24, 2.45) is 0 Å². The number of rotatable bonds is 5. The van der Waals surface area contributed by atoms with E-state index >= 15 is 0 Å². The van der Waals surface area contributed by atoms with Gasteiger partial charge in [0.2, 0.25) is 0 Å². The van der Waals surface area contributed by atoms with Crippen LogP contribution in [0.15, 0.2) is 36.4 Å². The van der Waals surface area contributed by atoms with Gasteiger partial charge in [0.05, 0.1) is 7.11 Å². The van der Waals surface area contributed by atoms with Gasteiger partial charge in [-0.15, -0.1) is 0 Å². The van der Waals surface area contributed by atoms with E-state index in [0.717, 1.165) is 5.56 Å². The summed E-state index contributed by atoms with van der Waals surface area (Å²) >= 11 is 0. The van der Waals surface area contributed by atoms with Gasteiger partial charge >= 0.3 is 0 Å². The fourth-order valence-electron chi connectivity index (χ4n) is 2.19. The molecule has 110 valence electrons. The Balaban J connectivity index is 2.25. The van der Waals surface area contributed by atoms with E-state index in [1.165, 1.54) is 13.2 Å². The molecule has 0 bridgehead atoms. The Bertz CT molecular complexity index is 648. The molecule has 0 fully saturated rings. The third kappa shape index (κ3) is 3.16. The summed E-state index contributed by atoms with van der Waals surface area (Å²) < 4.78 is 5.09. The Morgan fingerprint density at radius 3 is 2.48 bits per heavy atom. The lowest BCUT2D eigenvalue weighted by molar-refractivity contribution is 0.0977. The van der Waals surface area contributed by atoms with Crippen LogP contribution in [-0.2, 0) is 6.42 Å². The highest BCUT2D eigenvalue weighted by molar-refractivity contribution is 6.02. The summed E-state index contributed by atoms with van der Waals surface area (Å²) in [6, 6.07) is 11.0. The smallest absolute Gasteiger partial charge is 0.170 e. The number of Topliss-reactive ketones (excluding diaryl/α,β-unsaturated/α-hetero) is 1. The van der Waals surface area contributed by atoms with Gasteiger partial charge in [0.15, 0.2) is 5.78 Å². The predicted molar refractivity (Wildman–Crippen MR) is 80.2 cm³/mol. The Morgan fingerprint density at radius 1 is 1.19 bits per heavy atom. The molecule has 0 aliphatic carbocycles. The maximum Gasteiger partial charge on any atom is 0.170 e. The highest BCUT2D eigenvalue weighted by atomic mass is 16.5. The zero-order chi connectivity index (χ0) is 15.4. The molecule has 21 heavy (non-hydrogen) atoms. The van der Waals surface area contributed by atoms with Crippen LogP contribution < -0.4 is 4.74 Å². The number of phenolic OH excluding ortho intramolecular Hbond substituents is 2. The standard InChI is InChI=1S/C17H18O4/c1-11-14(19)10-15(21-2)16(17(11)20)13(18)9-8-12-6-4-3-5-7-12/h3-7,10,19-20H,8-9H2,1-2H3. The molecular formula is C17H18O4. The van der Waals surface area contributed by atoms with Gasteiger partial charge in [0.1, 0.15) is 22.8 Å². The van der Waals surface area contributed by atoms with Crippen molar-refractivity contribution in [2.75, 3.05) is 7.11 Å². The van der Waals surface area contributed by atoms with Gasteiger partial charge in [0.25, 0.3) is 0 Å². The van der Waals surface area contributed by atoms with E-state index in [2.05, 4.69) is 0 Å². The molecule has 0 aromatic heterocycles. The number of hydrogen-bond donors (Lipinski definition) is 2. The molecule has 0 radical (unpaired) electrons. The number of aromatic hydroxyl groups is 2. The second-order valence-electron chi connectivity index (χ2n) is 4.86. The zero-order valence-electron chi connectivity index (χ0n) is 12.1. The minimum atomic E-state index is -0.218. The first kappa shape index (κ1) is 14.9. The normalized spacial score (nSPS) is 10.4. The van der Waals surface area contributed by atoms with E-state index in [4.69, 9.17) is 4.74 Å². The molecule has 0 amide bonds. The predicted octanol–water partition coefficient (Wildman–Crippen LogP) is 3.23. The molecule has 0 saturated heterocycles. The Kier molecular flexibility index (Phi) is 4.48. The van der Waals surface area contributed by atoms with Gasteiger partial charge in [-0.1, -0.05) is 30.3 Å². The van der Waals surface area contributed by atoms with Crippen LogP contribution in [0.4, 0.5) is 0 Å². The first-order valence-electron chi connectivity index (χ1n) is 6.71. The van der Waals surface area contributed by atoms with Crippen LogP contribution in [0.25, 0.3) is 0 Å². The van der Waals surface area contributed by atoms with E-state index in [-0.39, 0.29) is 40.6 Å². The molecule has 0 heterocycles. The van der Waals surface area contributed by atoms with Crippen molar-refractivity contribution in [3.63, 3.8) is 0 Å². The van der Waals surface area contributed by atoms with Crippen LogP contribution in [0, 0.1) is 6.92 Å². The van der Waals surface area contributed by atoms with E-state index in [9.17, 15) is 15.0 Å². The fraction of sp³-hybridized carbons (Fsp3) is 0.235. The number of carbonyl (C=O) groups excluding carboxylic acids is 1. The van der Waals surface area contributed by atoms with Crippen molar-refractivity contribution in [3.05, 3.63) is 53.1 Å². The minimum Gasteiger partial charge on any atom is -0.507 e. The summed E-state index contributed by atoms with van der Waals surface area (Å²) in [5.41, 5.74) is 1.46. The van der Waals surface area contributed by atoms with E-state index in [1.807, 2.05) is 30.3 Å². The lowest BCUT2D eigenvalue weighted by atomic mass is 9.99. The van der Waals surface area contributed by atoms with Crippen molar-refractivity contribution in [3.8, 4) is 17.2 Å². The minimum absolute atomic E-state index is 0.0936. The van der Waals surface area contributed by atoms with Gasteiger partial charge in [-0.2, -0.15) is 0 Å². The van der Waals surface area contributed by atoms with Crippen LogP contribution >= 0.6 is 0 Å². The van der Waals surface area contributed by atoms with Crippen molar-refractivity contribution >= 4 is 5.78 Å². The van der Waals surface area contributed by atoms with Crippen LogP contribution in [0.1, 0.15) is 27.9 Å². The molecule has 0 spiro atoms. The zero-order valence-corrected chi connectivity index (χ0v) is 12.1. The molecule has 2 rings (SSSR count). The maximum atomic E-state index is 12.4. The van der Waals surface area contributed by atoms with Gasteiger partial charge in [0, 0.05) is 18.1 Å². The molecule has 0 saturated carbocycles. The Hall–Kier alpha value is -2.49. The maximum absolute atomic E-state index is 12.4. The fourth-order valence-corrected chi connectivity index (χ4v) is 2.19. The van der Waals surface area contributed by atoms with Crippen molar-refractivity contribution in [1.82, 2.24) is 0 Å². The van der Waals surface area contributed by atoms with Crippen LogP contribution in [0.5, 0.6) is 17.2 Å². The largest absolute Gasteiger partial charge is 0.507 e. The molecule has 0 aliphatic heterocycles. The molecule has 4 heteroatoms. The molecule has 2 N–H and O–H groups in total. The summed E-state index contributed by atoms with van der Waals surface area (Å²) in [7, 11) is 1.40. The number of hydrogen-bond acceptors (Lipinski definition) is 4. The molecule has 2 aromatic carbocycles. The summed E-state index contributed by atoms with van der Waals surface area (Å²) in [6.07, 6.45) is 0.848. The van der Waals surface area contributed by atoms with Gasteiger partial charge in [-0.25, -0.2) is 0 Å². The average Bonchev–Trinajstić information content (AvgIpc) is 2.51. The van der Waals surface area contributed by atoms with Crippen LogP contribution in [-0.4, -0.2) is 23.1 Å². The topological polar surface area (TPSA) is 66.8 Å². The van der Waals surface area contributed by atoms with Crippen molar-refractivity contribution in [2.45, 2.75) is 19.8 Å². The number of ketones is 1. The summed E-state index contributed by atoms with van der Waals surface area (Å²) in [5, 5.41) is 19.8. The molecule has 0 aliphatic rings. The average molecular weight is 286 g/mol. The van der Waals surface area contributed by atoms with Crippen LogP contribution in [0.3, 0.4) is 0 Å². The number of methoxy groups -OCH3 is 1. The van der Waals surface area contributed by atoms with Crippen molar-refractivity contribution in [1.29, 1.82) is 0 Å². The lowest BCUT2D eigenvalue weighted by Gasteiger charge is -2.13. The second kappa shape index (κ2) is 6.31. The first-order chi connectivity index (χ1) is 10.0.